The molecule has 1 saturated carbocycles. The van der Waals surface area contributed by atoms with Gasteiger partial charge in [0, 0.05) is 61.4 Å². The summed E-state index contributed by atoms with van der Waals surface area (Å²) in [6.45, 7) is 0.605. The number of carbonyl (C=O) groups is 1. The number of piperidine rings is 1. The first-order valence-electron chi connectivity index (χ1n) is 14.7. The fourth-order valence-corrected chi connectivity index (χ4v) is 7.52. The summed E-state index contributed by atoms with van der Waals surface area (Å²) in [5.41, 5.74) is 3.64. The molecule has 3 fully saturated rings. The SMILES string of the molecule is CN(C)S(=O)(=O)NC(=O)c1ccc2nc(N3C4CCC3CC(NCc3c(-c5c(Cl)cccc5Cl)noc3C3CC3)C4)oc2c1. The molecule has 2 aromatic carbocycles. The predicted octanol–water partition coefficient (Wildman–Crippen LogP) is 5.49. The number of rotatable bonds is 9. The first kappa shape index (κ1) is 29.5. The number of anilines is 1. The summed E-state index contributed by atoms with van der Waals surface area (Å²) in [6, 6.07) is 11.5. The number of carbonyl (C=O) groups excluding carboxylic acids is 1. The average molecular weight is 660 g/mol. The minimum atomic E-state index is -3.91. The van der Waals surface area contributed by atoms with Crippen molar-refractivity contribution in [3.63, 3.8) is 0 Å². The highest BCUT2D eigenvalue weighted by Gasteiger charge is 2.43. The third-order valence-corrected chi connectivity index (χ3v) is 10.9. The fraction of sp³-hybridized carbons (Fsp3) is 0.433. The standard InChI is InChI=1S/C30H32Cl2N6O5S/c1-37(2)44(40,41)36-29(39)17-8-11-24-25(12-17)42-30(34-24)38-19-9-10-20(38)14-18(13-19)33-15-21-27(35-43-28(21)16-6-7-16)26-22(31)4-3-5-23(26)32/h3-5,8,11-12,16,18-20,33H,6-7,9-10,13-15H2,1-2H3,(H,36,39). The van der Waals surface area contributed by atoms with E-state index in [1.54, 1.807) is 12.1 Å². The van der Waals surface area contributed by atoms with E-state index in [4.69, 9.17) is 37.1 Å². The zero-order valence-corrected chi connectivity index (χ0v) is 26.5. The highest BCUT2D eigenvalue weighted by molar-refractivity contribution is 7.87. The Morgan fingerprint density at radius 3 is 2.43 bits per heavy atom. The first-order chi connectivity index (χ1) is 21.1. The number of amides is 1. The van der Waals surface area contributed by atoms with Crippen molar-refractivity contribution in [3.05, 3.63) is 63.3 Å². The molecule has 232 valence electrons. The minimum absolute atomic E-state index is 0.174. The van der Waals surface area contributed by atoms with Crippen molar-refractivity contribution >= 4 is 56.4 Å². The Balaban J connectivity index is 1.06. The van der Waals surface area contributed by atoms with Crippen molar-refractivity contribution in [2.45, 2.75) is 69.1 Å². The van der Waals surface area contributed by atoms with E-state index in [1.165, 1.54) is 20.2 Å². The maximum atomic E-state index is 12.6. The summed E-state index contributed by atoms with van der Waals surface area (Å²) in [4.78, 5) is 19.6. The van der Waals surface area contributed by atoms with Gasteiger partial charge in [0.25, 0.3) is 11.9 Å². The van der Waals surface area contributed by atoms with E-state index in [0.717, 1.165) is 54.2 Å². The zero-order chi connectivity index (χ0) is 30.7. The summed E-state index contributed by atoms with van der Waals surface area (Å²) in [5, 5.41) is 9.29. The molecule has 2 aliphatic heterocycles. The van der Waals surface area contributed by atoms with Crippen LogP contribution < -0.4 is 14.9 Å². The molecule has 2 bridgehead atoms. The Morgan fingerprint density at radius 1 is 1.07 bits per heavy atom. The number of fused-ring (bicyclic) bond motifs is 3. The summed E-state index contributed by atoms with van der Waals surface area (Å²) < 4.78 is 39.2. The Hall–Kier alpha value is -3.16. The largest absolute Gasteiger partial charge is 0.423 e. The van der Waals surface area contributed by atoms with E-state index in [9.17, 15) is 13.2 Å². The number of hydrogen-bond donors (Lipinski definition) is 2. The van der Waals surface area contributed by atoms with Crippen LogP contribution in [0.25, 0.3) is 22.4 Å². The average Bonchev–Trinajstić information content (AvgIpc) is 3.51. The molecule has 1 amide bonds. The van der Waals surface area contributed by atoms with Crippen molar-refractivity contribution in [2.75, 3.05) is 19.0 Å². The van der Waals surface area contributed by atoms with Crippen LogP contribution in [0, 0.1) is 0 Å². The van der Waals surface area contributed by atoms with Crippen LogP contribution in [-0.2, 0) is 16.8 Å². The van der Waals surface area contributed by atoms with E-state index in [1.807, 2.05) is 22.9 Å². The summed E-state index contributed by atoms with van der Waals surface area (Å²) in [5.74, 6) is 0.571. The maximum Gasteiger partial charge on any atom is 0.303 e. The highest BCUT2D eigenvalue weighted by Crippen LogP contribution is 2.46. The monoisotopic (exact) mass is 658 g/mol. The summed E-state index contributed by atoms with van der Waals surface area (Å²) >= 11 is 13.1. The van der Waals surface area contributed by atoms with Crippen LogP contribution in [0.5, 0.6) is 0 Å². The van der Waals surface area contributed by atoms with Crippen molar-refractivity contribution in [3.8, 4) is 11.3 Å². The maximum absolute atomic E-state index is 12.6. The lowest BCUT2D eigenvalue weighted by Crippen LogP contribution is -2.49. The molecule has 11 nitrogen and oxygen atoms in total. The molecule has 4 aromatic rings. The molecule has 1 aliphatic carbocycles. The van der Waals surface area contributed by atoms with E-state index in [2.05, 4.69) is 15.4 Å². The normalized spacial score (nSPS) is 21.8. The first-order valence-corrected chi connectivity index (χ1v) is 16.9. The molecule has 14 heteroatoms. The minimum Gasteiger partial charge on any atom is -0.423 e. The Kier molecular flexibility index (Phi) is 7.61. The molecule has 3 aliphatic rings. The van der Waals surface area contributed by atoms with Gasteiger partial charge in [-0.15, -0.1) is 0 Å². The lowest BCUT2D eigenvalue weighted by molar-refractivity contribution is 0.0979. The summed E-state index contributed by atoms with van der Waals surface area (Å²) in [6.07, 6.45) is 6.06. The summed E-state index contributed by atoms with van der Waals surface area (Å²) in [7, 11) is -1.21. The molecule has 4 heterocycles. The van der Waals surface area contributed by atoms with Gasteiger partial charge >= 0.3 is 10.2 Å². The molecule has 0 radical (unpaired) electrons. The smallest absolute Gasteiger partial charge is 0.303 e. The van der Waals surface area contributed by atoms with E-state index in [0.29, 0.717) is 50.9 Å². The Labute approximate surface area is 265 Å². The van der Waals surface area contributed by atoms with Crippen LogP contribution in [0.1, 0.15) is 66.1 Å². The molecule has 2 aromatic heterocycles. The van der Waals surface area contributed by atoms with Crippen LogP contribution in [0.2, 0.25) is 10.0 Å². The third kappa shape index (κ3) is 5.47. The molecule has 2 saturated heterocycles. The number of aromatic nitrogens is 2. The fourth-order valence-electron chi connectivity index (χ4n) is 6.41. The Bertz CT molecular complexity index is 1820. The van der Waals surface area contributed by atoms with Crippen LogP contribution in [-0.4, -0.2) is 61.0 Å². The van der Waals surface area contributed by atoms with E-state index >= 15 is 0 Å². The van der Waals surface area contributed by atoms with Gasteiger partial charge in [-0.2, -0.15) is 17.7 Å². The molecular formula is C30H32Cl2N6O5S. The second-order valence-corrected chi connectivity index (χ2v) is 14.7. The van der Waals surface area contributed by atoms with E-state index in [-0.39, 0.29) is 23.7 Å². The van der Waals surface area contributed by atoms with Gasteiger partial charge in [0.1, 0.15) is 17.0 Å². The lowest BCUT2D eigenvalue weighted by atomic mass is 9.97. The quantitative estimate of drug-likeness (QED) is 0.239. The molecular weight excluding hydrogens is 627 g/mol. The van der Waals surface area contributed by atoms with Gasteiger partial charge in [0.05, 0.1) is 10.0 Å². The number of oxazole rings is 1. The van der Waals surface area contributed by atoms with Crippen molar-refractivity contribution in [2.24, 2.45) is 0 Å². The van der Waals surface area contributed by atoms with Crippen LogP contribution in [0.4, 0.5) is 6.01 Å². The molecule has 0 spiro atoms. The highest BCUT2D eigenvalue weighted by atomic mass is 35.5. The molecule has 44 heavy (non-hydrogen) atoms. The van der Waals surface area contributed by atoms with E-state index < -0.39 is 16.1 Å². The number of hydrogen-bond acceptors (Lipinski definition) is 9. The number of nitrogens with zero attached hydrogens (tertiary/aromatic N) is 4. The van der Waals surface area contributed by atoms with Gasteiger partial charge in [0.15, 0.2) is 5.58 Å². The molecule has 2 atom stereocenters. The molecule has 7 rings (SSSR count). The van der Waals surface area contributed by atoms with Gasteiger partial charge in [-0.1, -0.05) is 34.4 Å². The topological polar surface area (TPSA) is 134 Å². The van der Waals surface area contributed by atoms with Crippen LogP contribution in [0.15, 0.2) is 45.3 Å². The third-order valence-electron chi connectivity index (χ3n) is 8.83. The van der Waals surface area contributed by atoms with Gasteiger partial charge in [-0.3, -0.25) is 4.79 Å². The number of benzene rings is 2. The van der Waals surface area contributed by atoms with Gasteiger partial charge < -0.3 is 19.2 Å². The van der Waals surface area contributed by atoms with Crippen molar-refractivity contribution in [1.82, 2.24) is 24.5 Å². The number of nitrogens with one attached hydrogen (secondary N) is 2. The zero-order valence-electron chi connectivity index (χ0n) is 24.2. The second-order valence-electron chi connectivity index (χ2n) is 12.0. The second kappa shape index (κ2) is 11.3. The van der Waals surface area contributed by atoms with Gasteiger partial charge in [0.2, 0.25) is 0 Å². The number of halogens is 2. The van der Waals surface area contributed by atoms with Crippen LogP contribution >= 0.6 is 23.2 Å². The molecule has 2 N–H and O–H groups in total. The van der Waals surface area contributed by atoms with Gasteiger partial charge in [-0.05, 0) is 68.9 Å². The van der Waals surface area contributed by atoms with Crippen molar-refractivity contribution in [1.29, 1.82) is 0 Å². The van der Waals surface area contributed by atoms with Gasteiger partial charge in [-0.25, -0.2) is 4.72 Å². The van der Waals surface area contributed by atoms with Crippen LogP contribution in [0.3, 0.4) is 0 Å². The Morgan fingerprint density at radius 2 is 1.77 bits per heavy atom. The lowest BCUT2D eigenvalue weighted by Gasteiger charge is -2.38. The van der Waals surface area contributed by atoms with Crippen molar-refractivity contribution < 1.29 is 22.2 Å². The predicted molar refractivity (Wildman–Crippen MR) is 167 cm³/mol. The molecule has 2 unspecified atom stereocenters.